The van der Waals surface area contributed by atoms with Gasteiger partial charge >= 0.3 is 0 Å². The zero-order valence-corrected chi connectivity index (χ0v) is 12.5. The van der Waals surface area contributed by atoms with Crippen molar-refractivity contribution < 1.29 is 8.78 Å². The molecule has 0 amide bonds. The molecule has 1 atom stereocenters. The Morgan fingerprint density at radius 2 is 1.89 bits per heavy atom. The number of hydrogen-bond donors (Lipinski definition) is 0. The Kier molecular flexibility index (Phi) is 4.17. The average Bonchev–Trinajstić information content (AvgIpc) is 2.65. The van der Waals surface area contributed by atoms with E-state index < -0.39 is 11.6 Å². The van der Waals surface area contributed by atoms with Gasteiger partial charge in [-0.05, 0) is 49.6 Å². The lowest BCUT2D eigenvalue weighted by Gasteiger charge is -2.08. The fourth-order valence-electron chi connectivity index (χ4n) is 1.73. The Labute approximate surface area is 118 Å². The van der Waals surface area contributed by atoms with Crippen LogP contribution in [0.2, 0.25) is 0 Å². The van der Waals surface area contributed by atoms with Crippen molar-refractivity contribution in [3.8, 4) is 0 Å². The molecule has 1 aromatic carbocycles. The van der Waals surface area contributed by atoms with E-state index in [4.69, 9.17) is 0 Å². The van der Waals surface area contributed by atoms with Crippen molar-refractivity contribution in [3.05, 3.63) is 56.8 Å². The molecule has 0 saturated carbocycles. The normalized spacial score (nSPS) is 12.7. The molecule has 0 fully saturated rings. The summed E-state index contributed by atoms with van der Waals surface area (Å²) in [7, 11) is 0. The first kappa shape index (κ1) is 13.7. The lowest BCUT2D eigenvalue weighted by atomic mass is 10.1. The molecule has 4 heteroatoms. The van der Waals surface area contributed by atoms with Gasteiger partial charge in [-0.2, -0.15) is 0 Å². The molecular weight excluding hydrogens is 318 g/mol. The van der Waals surface area contributed by atoms with E-state index in [1.165, 1.54) is 27.5 Å². The third-order valence-electron chi connectivity index (χ3n) is 2.89. The summed E-state index contributed by atoms with van der Waals surface area (Å²) >= 11 is 5.34. The van der Waals surface area contributed by atoms with Crippen LogP contribution < -0.4 is 0 Å². The van der Waals surface area contributed by atoms with Gasteiger partial charge in [-0.3, -0.25) is 0 Å². The first-order valence-electron chi connectivity index (χ1n) is 5.62. The number of aryl methyl sites for hydroxylation is 2. The molecule has 0 aliphatic heterocycles. The topological polar surface area (TPSA) is 0 Å². The first-order valence-corrected chi connectivity index (χ1v) is 7.35. The Bertz CT molecular complexity index is 543. The molecule has 0 saturated heterocycles. The summed E-state index contributed by atoms with van der Waals surface area (Å²) in [6, 6.07) is 6.20. The minimum Gasteiger partial charge on any atom is -0.204 e. The van der Waals surface area contributed by atoms with Crippen LogP contribution in [0.4, 0.5) is 8.78 Å². The van der Waals surface area contributed by atoms with Crippen molar-refractivity contribution in [3.63, 3.8) is 0 Å². The summed E-state index contributed by atoms with van der Waals surface area (Å²) in [4.78, 5) is 2.65. The summed E-state index contributed by atoms with van der Waals surface area (Å²) in [5.41, 5.74) is 2.06. The number of alkyl halides is 1. The van der Waals surface area contributed by atoms with Crippen LogP contribution in [0.5, 0.6) is 0 Å². The van der Waals surface area contributed by atoms with E-state index in [1.54, 1.807) is 17.4 Å². The van der Waals surface area contributed by atoms with Gasteiger partial charge in [-0.15, -0.1) is 11.3 Å². The van der Waals surface area contributed by atoms with Crippen LogP contribution >= 0.6 is 27.3 Å². The maximum absolute atomic E-state index is 13.1. The van der Waals surface area contributed by atoms with Crippen molar-refractivity contribution in [2.45, 2.75) is 25.1 Å². The lowest BCUT2D eigenvalue weighted by molar-refractivity contribution is 0.507. The zero-order valence-electron chi connectivity index (χ0n) is 10.1. The number of benzene rings is 1. The van der Waals surface area contributed by atoms with Gasteiger partial charge in [-0.1, -0.05) is 22.0 Å². The number of halogens is 3. The van der Waals surface area contributed by atoms with Crippen molar-refractivity contribution in [2.75, 3.05) is 0 Å². The van der Waals surface area contributed by atoms with E-state index in [0.29, 0.717) is 6.42 Å². The average molecular weight is 331 g/mol. The van der Waals surface area contributed by atoms with Gasteiger partial charge in [0, 0.05) is 9.75 Å². The van der Waals surface area contributed by atoms with Gasteiger partial charge in [0.2, 0.25) is 0 Å². The predicted molar refractivity (Wildman–Crippen MR) is 75.5 cm³/mol. The van der Waals surface area contributed by atoms with E-state index in [2.05, 4.69) is 35.8 Å². The summed E-state index contributed by atoms with van der Waals surface area (Å²) in [5.74, 6) is -1.58. The Hall–Kier alpha value is -0.740. The molecule has 0 aliphatic rings. The first-order chi connectivity index (χ1) is 8.47. The van der Waals surface area contributed by atoms with Crippen LogP contribution in [-0.4, -0.2) is 0 Å². The smallest absolute Gasteiger partial charge is 0.159 e. The highest BCUT2D eigenvalue weighted by Gasteiger charge is 2.13. The van der Waals surface area contributed by atoms with Gasteiger partial charge in [0.25, 0.3) is 0 Å². The largest absolute Gasteiger partial charge is 0.204 e. The third kappa shape index (κ3) is 2.98. The van der Waals surface area contributed by atoms with Crippen LogP contribution in [0.3, 0.4) is 0 Å². The van der Waals surface area contributed by atoms with Crippen molar-refractivity contribution >= 4 is 27.3 Å². The van der Waals surface area contributed by atoms with E-state index >= 15 is 0 Å². The highest BCUT2D eigenvalue weighted by atomic mass is 79.9. The molecule has 0 N–H and O–H groups in total. The second kappa shape index (κ2) is 5.49. The van der Waals surface area contributed by atoms with Crippen LogP contribution in [0, 0.1) is 25.5 Å². The maximum atomic E-state index is 13.1. The maximum Gasteiger partial charge on any atom is 0.159 e. The summed E-state index contributed by atoms with van der Waals surface area (Å²) < 4.78 is 25.9. The summed E-state index contributed by atoms with van der Waals surface area (Å²) in [6.45, 7) is 4.16. The molecule has 1 aromatic heterocycles. The monoisotopic (exact) mass is 330 g/mol. The van der Waals surface area contributed by atoms with Crippen LogP contribution in [0.15, 0.2) is 24.3 Å². The molecule has 0 radical (unpaired) electrons. The molecule has 18 heavy (non-hydrogen) atoms. The molecule has 0 aliphatic carbocycles. The van der Waals surface area contributed by atoms with Gasteiger partial charge in [0.05, 0.1) is 4.83 Å². The van der Waals surface area contributed by atoms with E-state index in [0.717, 1.165) is 5.56 Å². The molecule has 96 valence electrons. The summed E-state index contributed by atoms with van der Waals surface area (Å²) in [5, 5.41) is 0. The van der Waals surface area contributed by atoms with Crippen LogP contribution in [0.1, 0.15) is 25.7 Å². The van der Waals surface area contributed by atoms with Gasteiger partial charge in [0.1, 0.15) is 0 Å². The van der Waals surface area contributed by atoms with Crippen molar-refractivity contribution in [2.24, 2.45) is 0 Å². The Balaban J connectivity index is 2.15. The Morgan fingerprint density at radius 1 is 1.17 bits per heavy atom. The van der Waals surface area contributed by atoms with Crippen LogP contribution in [-0.2, 0) is 6.42 Å². The van der Waals surface area contributed by atoms with E-state index in [9.17, 15) is 8.78 Å². The molecule has 0 spiro atoms. The predicted octanol–water partition coefficient (Wildman–Crippen LogP) is 5.32. The minimum atomic E-state index is -0.798. The van der Waals surface area contributed by atoms with Crippen molar-refractivity contribution in [1.82, 2.24) is 0 Å². The number of thiophene rings is 1. The molecule has 0 nitrogen and oxygen atoms in total. The molecule has 0 bridgehead atoms. The van der Waals surface area contributed by atoms with Crippen LogP contribution in [0.25, 0.3) is 0 Å². The SMILES string of the molecule is Cc1cc(C(Br)Cc2ccc(F)c(F)c2)sc1C. The lowest BCUT2D eigenvalue weighted by Crippen LogP contribution is -1.95. The van der Waals surface area contributed by atoms with Gasteiger partial charge in [-0.25, -0.2) is 8.78 Å². The highest BCUT2D eigenvalue weighted by molar-refractivity contribution is 9.09. The third-order valence-corrected chi connectivity index (χ3v) is 5.28. The summed E-state index contributed by atoms with van der Waals surface area (Å²) in [6.07, 6.45) is 0.649. The second-order valence-corrected chi connectivity index (χ2v) is 6.70. The standard InChI is InChI=1S/C14H13BrF2S/c1-8-5-14(18-9(8)2)11(15)6-10-3-4-12(16)13(17)7-10/h3-5,7,11H,6H2,1-2H3. The van der Waals surface area contributed by atoms with E-state index in [1.807, 2.05) is 0 Å². The highest BCUT2D eigenvalue weighted by Crippen LogP contribution is 2.34. The molecule has 2 rings (SSSR count). The molecule has 1 unspecified atom stereocenters. The fourth-order valence-corrected chi connectivity index (χ4v) is 3.54. The zero-order chi connectivity index (χ0) is 13.3. The van der Waals surface area contributed by atoms with Crippen molar-refractivity contribution in [1.29, 1.82) is 0 Å². The van der Waals surface area contributed by atoms with E-state index in [-0.39, 0.29) is 4.83 Å². The van der Waals surface area contributed by atoms with Gasteiger partial charge in [0.15, 0.2) is 11.6 Å². The Morgan fingerprint density at radius 3 is 2.44 bits per heavy atom. The number of rotatable bonds is 3. The quantitative estimate of drug-likeness (QED) is 0.668. The molecular formula is C14H13BrF2S. The van der Waals surface area contributed by atoms with Gasteiger partial charge < -0.3 is 0 Å². The molecule has 1 heterocycles. The second-order valence-electron chi connectivity index (χ2n) is 4.31. The minimum absolute atomic E-state index is 0.139. The fraction of sp³-hybridized carbons (Fsp3) is 0.286. The number of hydrogen-bond acceptors (Lipinski definition) is 1. The molecule has 2 aromatic rings.